The van der Waals surface area contributed by atoms with E-state index in [1.807, 2.05) is 18.2 Å². The first-order valence-corrected chi connectivity index (χ1v) is 17.3. The van der Waals surface area contributed by atoms with Gasteiger partial charge in [0.1, 0.15) is 16.7 Å². The predicted octanol–water partition coefficient (Wildman–Crippen LogP) is 14.1. The van der Waals surface area contributed by atoms with Crippen LogP contribution in [0.25, 0.3) is 87.3 Å². The van der Waals surface area contributed by atoms with Gasteiger partial charge in [-0.05, 0) is 92.7 Å². The highest BCUT2D eigenvalue weighted by Crippen LogP contribution is 2.47. The standard InChI is InChI=1S/C48H29NO2/c1-2-12-30(13-3-1)31-14-10-15-32(28-31)49(42-21-11-20-39-36-17-6-8-22-43(36)51-48(39)42)33-24-25-35-34-16-4-5-18-37(34)46-38(41(35)29-33)26-27-45-47(46)40-19-7-9-23-44(40)50-45/h1-29H. The molecular formula is C48H29NO2. The van der Waals surface area contributed by atoms with Crippen LogP contribution in [0.2, 0.25) is 0 Å². The average Bonchev–Trinajstić information content (AvgIpc) is 3.78. The van der Waals surface area contributed by atoms with Gasteiger partial charge in [-0.2, -0.15) is 0 Å². The van der Waals surface area contributed by atoms with Gasteiger partial charge in [0.2, 0.25) is 0 Å². The molecule has 0 fully saturated rings. The highest BCUT2D eigenvalue weighted by molar-refractivity contribution is 6.34. The van der Waals surface area contributed by atoms with Gasteiger partial charge >= 0.3 is 0 Å². The molecule has 0 aliphatic heterocycles. The Hall–Kier alpha value is -6.84. The smallest absolute Gasteiger partial charge is 0.159 e. The summed E-state index contributed by atoms with van der Waals surface area (Å²) in [5, 5.41) is 11.8. The molecule has 2 heterocycles. The maximum atomic E-state index is 6.67. The van der Waals surface area contributed by atoms with Crippen LogP contribution in [0.5, 0.6) is 0 Å². The van der Waals surface area contributed by atoms with Crippen molar-refractivity contribution in [2.24, 2.45) is 0 Å². The molecular weight excluding hydrogens is 623 g/mol. The number of fused-ring (bicyclic) bond motifs is 13. The van der Waals surface area contributed by atoms with E-state index in [1.165, 1.54) is 37.9 Å². The van der Waals surface area contributed by atoms with E-state index >= 15 is 0 Å². The molecule has 0 atom stereocenters. The lowest BCUT2D eigenvalue weighted by atomic mass is 9.91. The quantitative estimate of drug-likeness (QED) is 0.177. The Morgan fingerprint density at radius 1 is 0.314 bits per heavy atom. The monoisotopic (exact) mass is 651 g/mol. The molecule has 0 bridgehead atoms. The third-order valence-corrected chi connectivity index (χ3v) is 10.4. The average molecular weight is 652 g/mol. The Bertz CT molecular complexity index is 3150. The summed E-state index contributed by atoms with van der Waals surface area (Å²) < 4.78 is 13.1. The first-order valence-electron chi connectivity index (χ1n) is 17.3. The number of anilines is 3. The SMILES string of the molecule is c1ccc(-c2cccc(N(c3ccc4c5ccccc5c5c(ccc6oc7ccccc7c65)c4c3)c3cccc4c3oc3ccccc34)c2)cc1. The Labute approximate surface area is 293 Å². The lowest BCUT2D eigenvalue weighted by Gasteiger charge is -2.27. The van der Waals surface area contributed by atoms with Gasteiger partial charge in [-0.3, -0.25) is 0 Å². The number of hydrogen-bond donors (Lipinski definition) is 0. The van der Waals surface area contributed by atoms with Crippen molar-refractivity contribution < 1.29 is 8.83 Å². The number of rotatable bonds is 4. The van der Waals surface area contributed by atoms with Crippen molar-refractivity contribution in [3.05, 3.63) is 176 Å². The summed E-state index contributed by atoms with van der Waals surface area (Å²) in [6.07, 6.45) is 0. The van der Waals surface area contributed by atoms with Crippen LogP contribution in [0.4, 0.5) is 17.1 Å². The Morgan fingerprint density at radius 3 is 1.78 bits per heavy atom. The minimum Gasteiger partial charge on any atom is -0.456 e. The minimum absolute atomic E-state index is 0.860. The lowest BCUT2D eigenvalue weighted by Crippen LogP contribution is -2.10. The lowest BCUT2D eigenvalue weighted by molar-refractivity contribution is 0.669. The summed E-state index contributed by atoms with van der Waals surface area (Å²) in [5.74, 6) is 0. The number of nitrogens with zero attached hydrogens (tertiary/aromatic N) is 1. The van der Waals surface area contributed by atoms with Crippen molar-refractivity contribution in [3.63, 3.8) is 0 Å². The third-order valence-electron chi connectivity index (χ3n) is 10.4. The molecule has 0 aliphatic carbocycles. The van der Waals surface area contributed by atoms with Crippen LogP contribution >= 0.6 is 0 Å². The van der Waals surface area contributed by atoms with Crippen LogP contribution in [-0.2, 0) is 0 Å². The molecule has 3 nitrogen and oxygen atoms in total. The molecule has 0 spiro atoms. The molecule has 0 amide bonds. The normalized spacial score (nSPS) is 11.9. The van der Waals surface area contributed by atoms with Gasteiger partial charge in [-0.15, -0.1) is 0 Å². The van der Waals surface area contributed by atoms with E-state index < -0.39 is 0 Å². The van der Waals surface area contributed by atoms with E-state index in [1.54, 1.807) is 0 Å². The molecule has 11 rings (SSSR count). The summed E-state index contributed by atoms with van der Waals surface area (Å²) in [7, 11) is 0. The molecule has 0 N–H and O–H groups in total. The first-order chi connectivity index (χ1) is 25.3. The fraction of sp³-hybridized carbons (Fsp3) is 0. The molecule has 51 heavy (non-hydrogen) atoms. The fourth-order valence-corrected chi connectivity index (χ4v) is 8.18. The van der Waals surface area contributed by atoms with Crippen molar-refractivity contribution in [2.75, 3.05) is 4.90 Å². The Morgan fingerprint density at radius 2 is 0.922 bits per heavy atom. The summed E-state index contributed by atoms with van der Waals surface area (Å²) in [5.41, 5.74) is 8.97. The molecule has 9 aromatic carbocycles. The summed E-state index contributed by atoms with van der Waals surface area (Å²) in [6.45, 7) is 0. The van der Waals surface area contributed by atoms with Gasteiger partial charge in [0.05, 0.1) is 5.69 Å². The summed E-state index contributed by atoms with van der Waals surface area (Å²) >= 11 is 0. The Balaban J connectivity index is 1.24. The zero-order chi connectivity index (χ0) is 33.5. The van der Waals surface area contributed by atoms with Gasteiger partial charge in [-0.25, -0.2) is 0 Å². The van der Waals surface area contributed by atoms with E-state index in [0.29, 0.717) is 0 Å². The van der Waals surface area contributed by atoms with Crippen LogP contribution in [0.15, 0.2) is 185 Å². The maximum absolute atomic E-state index is 6.67. The van der Waals surface area contributed by atoms with Gasteiger partial charge in [-0.1, -0.05) is 121 Å². The van der Waals surface area contributed by atoms with Gasteiger partial charge < -0.3 is 13.7 Å². The topological polar surface area (TPSA) is 29.5 Å². The van der Waals surface area contributed by atoms with Crippen LogP contribution in [0.3, 0.4) is 0 Å². The third kappa shape index (κ3) is 4.19. The van der Waals surface area contributed by atoms with E-state index in [2.05, 4.69) is 163 Å². The maximum Gasteiger partial charge on any atom is 0.159 e. The van der Waals surface area contributed by atoms with Crippen molar-refractivity contribution in [1.29, 1.82) is 0 Å². The molecule has 238 valence electrons. The van der Waals surface area contributed by atoms with Crippen LogP contribution < -0.4 is 4.90 Å². The molecule has 0 radical (unpaired) electrons. The summed E-state index contributed by atoms with van der Waals surface area (Å²) in [4.78, 5) is 2.35. The van der Waals surface area contributed by atoms with E-state index in [4.69, 9.17) is 8.83 Å². The van der Waals surface area contributed by atoms with E-state index in [0.717, 1.165) is 66.5 Å². The largest absolute Gasteiger partial charge is 0.456 e. The second-order valence-corrected chi connectivity index (χ2v) is 13.2. The first kappa shape index (κ1) is 28.0. The number of benzene rings is 9. The molecule has 0 unspecified atom stereocenters. The van der Waals surface area contributed by atoms with Gasteiger partial charge in [0.15, 0.2) is 5.58 Å². The fourth-order valence-electron chi connectivity index (χ4n) is 8.18. The van der Waals surface area contributed by atoms with Gasteiger partial charge in [0.25, 0.3) is 0 Å². The van der Waals surface area contributed by atoms with Crippen molar-refractivity contribution in [2.45, 2.75) is 0 Å². The second-order valence-electron chi connectivity index (χ2n) is 13.2. The number of hydrogen-bond acceptors (Lipinski definition) is 3. The predicted molar refractivity (Wildman–Crippen MR) is 214 cm³/mol. The van der Waals surface area contributed by atoms with Crippen LogP contribution in [0.1, 0.15) is 0 Å². The van der Waals surface area contributed by atoms with Crippen molar-refractivity contribution in [1.82, 2.24) is 0 Å². The highest BCUT2D eigenvalue weighted by atomic mass is 16.3. The van der Waals surface area contributed by atoms with Crippen LogP contribution in [-0.4, -0.2) is 0 Å². The zero-order valence-electron chi connectivity index (χ0n) is 27.5. The number of furan rings is 2. The second kappa shape index (κ2) is 10.8. The molecule has 3 heteroatoms. The molecule has 0 saturated heterocycles. The van der Waals surface area contributed by atoms with E-state index in [9.17, 15) is 0 Å². The van der Waals surface area contributed by atoms with E-state index in [-0.39, 0.29) is 0 Å². The van der Waals surface area contributed by atoms with Gasteiger partial charge in [0, 0.05) is 38.3 Å². The zero-order valence-corrected chi connectivity index (χ0v) is 27.5. The van der Waals surface area contributed by atoms with Crippen molar-refractivity contribution >= 4 is 93.3 Å². The minimum atomic E-state index is 0.860. The molecule has 0 aliphatic rings. The van der Waals surface area contributed by atoms with Crippen molar-refractivity contribution in [3.8, 4) is 11.1 Å². The highest BCUT2D eigenvalue weighted by Gasteiger charge is 2.22. The number of para-hydroxylation sites is 3. The molecule has 0 saturated carbocycles. The van der Waals surface area contributed by atoms with Crippen LogP contribution in [0, 0.1) is 0 Å². The molecule has 2 aromatic heterocycles. The molecule has 11 aromatic rings. The summed E-state index contributed by atoms with van der Waals surface area (Å²) in [6, 6.07) is 62.5. The Kier molecular flexibility index (Phi) is 5.96.